The number of hydroxylamine groups is 1. The van der Waals surface area contributed by atoms with Crippen LogP contribution in [-0.4, -0.2) is 19.6 Å². The van der Waals surface area contributed by atoms with E-state index in [1.54, 1.807) is 70.5 Å². The predicted octanol–water partition coefficient (Wildman–Crippen LogP) is 6.29. The van der Waals surface area contributed by atoms with Gasteiger partial charge in [-0.3, -0.25) is 10.0 Å². The maximum Gasteiger partial charge on any atom is 0.272 e. The molecule has 170 valence electrons. The number of nitrogens with one attached hydrogen (secondary N) is 1. The molecule has 0 saturated heterocycles. The zero-order valence-corrected chi connectivity index (χ0v) is 20.2. The average Bonchev–Trinajstić information content (AvgIpc) is 2.82. The first kappa shape index (κ1) is 24.0. The molecule has 2 N–H and O–H groups in total. The van der Waals surface area contributed by atoms with Crippen molar-refractivity contribution in [3.63, 3.8) is 0 Å². The van der Waals surface area contributed by atoms with Crippen molar-refractivity contribution in [3.8, 4) is 0 Å². The molecule has 0 bridgehead atoms. The van der Waals surface area contributed by atoms with Gasteiger partial charge in [-0.25, -0.2) is 14.0 Å². The van der Waals surface area contributed by atoms with E-state index in [1.165, 1.54) is 0 Å². The highest BCUT2D eigenvalue weighted by atomic mass is 35.5. The lowest BCUT2D eigenvalue weighted by Crippen LogP contribution is -2.41. The molecule has 1 heterocycles. The third kappa shape index (κ3) is 5.17. The van der Waals surface area contributed by atoms with Crippen LogP contribution in [0.5, 0.6) is 0 Å². The maximum atomic E-state index is 14.0. The van der Waals surface area contributed by atoms with Crippen molar-refractivity contribution in [2.75, 3.05) is 0 Å². The minimum atomic E-state index is -1.71. The van der Waals surface area contributed by atoms with E-state index in [-0.39, 0.29) is 11.6 Å². The quantitative estimate of drug-likeness (QED) is 0.306. The molecule has 3 unspecified atom stereocenters. The molecule has 5 nitrogen and oxygen atoms in total. The zero-order valence-electron chi connectivity index (χ0n) is 17.1. The SMILES string of the molecule is O=C(NO)C1=CCC(c2cccc(Cl)c2)N(S(=O)c2ccc(Cl)cc2)C1c1cccc(Cl)c1. The van der Waals surface area contributed by atoms with Crippen LogP contribution in [-0.2, 0) is 15.8 Å². The van der Waals surface area contributed by atoms with Crippen molar-refractivity contribution in [1.82, 2.24) is 9.79 Å². The number of hydrogen-bond donors (Lipinski definition) is 2. The summed E-state index contributed by atoms with van der Waals surface area (Å²) in [6.45, 7) is 0. The second-order valence-electron chi connectivity index (χ2n) is 7.43. The summed E-state index contributed by atoms with van der Waals surface area (Å²) in [5.41, 5.74) is 3.48. The van der Waals surface area contributed by atoms with Crippen LogP contribution in [0.4, 0.5) is 0 Å². The Labute approximate surface area is 209 Å². The minimum Gasteiger partial charge on any atom is -0.288 e. The summed E-state index contributed by atoms with van der Waals surface area (Å²) >= 11 is 18.6. The van der Waals surface area contributed by atoms with Crippen molar-refractivity contribution < 1.29 is 14.2 Å². The van der Waals surface area contributed by atoms with E-state index in [0.29, 0.717) is 31.9 Å². The van der Waals surface area contributed by atoms with Crippen LogP contribution >= 0.6 is 34.8 Å². The monoisotopic (exact) mass is 520 g/mol. The van der Waals surface area contributed by atoms with Gasteiger partial charge in [0, 0.05) is 20.6 Å². The van der Waals surface area contributed by atoms with Gasteiger partial charge >= 0.3 is 0 Å². The first-order valence-corrected chi connectivity index (χ1v) is 12.2. The summed E-state index contributed by atoms with van der Waals surface area (Å²) in [5.74, 6) is -0.678. The van der Waals surface area contributed by atoms with E-state index in [4.69, 9.17) is 34.8 Å². The highest BCUT2D eigenvalue weighted by molar-refractivity contribution is 7.82. The Bertz CT molecular complexity index is 1230. The molecule has 33 heavy (non-hydrogen) atoms. The smallest absolute Gasteiger partial charge is 0.272 e. The van der Waals surface area contributed by atoms with Gasteiger partial charge in [-0.15, -0.1) is 0 Å². The number of amides is 1. The van der Waals surface area contributed by atoms with Crippen LogP contribution in [0.3, 0.4) is 0 Å². The molecule has 3 aromatic carbocycles. The summed E-state index contributed by atoms with van der Waals surface area (Å²) in [7, 11) is -1.71. The Morgan fingerprint density at radius 1 is 0.909 bits per heavy atom. The number of rotatable bonds is 5. The molecule has 1 aliphatic heterocycles. The number of carbonyl (C=O) groups is 1. The molecule has 0 spiro atoms. The summed E-state index contributed by atoms with van der Waals surface area (Å²) in [6, 6.07) is 19.9. The number of halogens is 3. The van der Waals surface area contributed by atoms with Gasteiger partial charge in [0.05, 0.1) is 17.0 Å². The molecule has 0 radical (unpaired) electrons. The van der Waals surface area contributed by atoms with E-state index in [2.05, 4.69) is 0 Å². The largest absolute Gasteiger partial charge is 0.288 e. The molecule has 0 saturated carbocycles. The number of hydrogen-bond acceptors (Lipinski definition) is 3. The van der Waals surface area contributed by atoms with Crippen LogP contribution in [0.2, 0.25) is 15.1 Å². The van der Waals surface area contributed by atoms with Crippen LogP contribution < -0.4 is 5.48 Å². The lowest BCUT2D eigenvalue weighted by Gasteiger charge is -2.41. The number of nitrogens with zero attached hydrogens (tertiary/aromatic N) is 1. The molecule has 0 aliphatic carbocycles. The summed E-state index contributed by atoms with van der Waals surface area (Å²) in [6.07, 6.45) is 2.12. The van der Waals surface area contributed by atoms with Gasteiger partial charge in [0.25, 0.3) is 5.91 Å². The molecule has 1 aliphatic rings. The second-order valence-corrected chi connectivity index (χ2v) is 10.1. The van der Waals surface area contributed by atoms with Gasteiger partial charge in [0.2, 0.25) is 0 Å². The summed E-state index contributed by atoms with van der Waals surface area (Å²) in [4.78, 5) is 13.2. The fraction of sp³-hybridized carbons (Fsp3) is 0.125. The van der Waals surface area contributed by atoms with Crippen molar-refractivity contribution in [2.45, 2.75) is 23.4 Å². The first-order valence-electron chi connectivity index (χ1n) is 10.00. The molecule has 0 fully saturated rings. The fourth-order valence-corrected chi connectivity index (χ4v) is 5.94. The third-order valence-electron chi connectivity index (χ3n) is 5.39. The topological polar surface area (TPSA) is 69.6 Å². The Morgan fingerprint density at radius 3 is 2.12 bits per heavy atom. The van der Waals surface area contributed by atoms with Crippen molar-refractivity contribution in [3.05, 3.63) is 111 Å². The molecule has 1 amide bonds. The molecule has 4 rings (SSSR count). The van der Waals surface area contributed by atoms with E-state index < -0.39 is 22.9 Å². The van der Waals surface area contributed by atoms with Gasteiger partial charge in [0.1, 0.15) is 11.0 Å². The van der Waals surface area contributed by atoms with E-state index in [0.717, 1.165) is 5.56 Å². The van der Waals surface area contributed by atoms with E-state index >= 15 is 0 Å². The second kappa shape index (κ2) is 10.4. The molecular weight excluding hydrogens is 503 g/mol. The van der Waals surface area contributed by atoms with Crippen LogP contribution in [0.15, 0.2) is 89.3 Å². The molecule has 3 atom stereocenters. The van der Waals surface area contributed by atoms with Crippen LogP contribution in [0.25, 0.3) is 0 Å². The summed E-state index contributed by atoms with van der Waals surface area (Å²) < 4.78 is 15.8. The van der Waals surface area contributed by atoms with E-state index in [9.17, 15) is 14.2 Å². The lowest BCUT2D eigenvalue weighted by molar-refractivity contribution is -0.126. The van der Waals surface area contributed by atoms with Gasteiger partial charge in [-0.1, -0.05) is 65.1 Å². The molecule has 0 aromatic heterocycles. The summed E-state index contributed by atoms with van der Waals surface area (Å²) in [5, 5.41) is 10.9. The van der Waals surface area contributed by atoms with Gasteiger partial charge in [-0.05, 0) is 66.1 Å². The van der Waals surface area contributed by atoms with E-state index in [1.807, 2.05) is 18.2 Å². The maximum absolute atomic E-state index is 14.0. The number of carbonyl (C=O) groups excluding carboxylic acids is 1. The first-order chi connectivity index (χ1) is 15.9. The normalized spacial score (nSPS) is 19.6. The van der Waals surface area contributed by atoms with Gasteiger partial charge in [-0.2, -0.15) is 0 Å². The van der Waals surface area contributed by atoms with Crippen molar-refractivity contribution in [2.24, 2.45) is 0 Å². The Kier molecular flexibility index (Phi) is 7.54. The Hall–Kier alpha value is -2.19. The van der Waals surface area contributed by atoms with Gasteiger partial charge in [0.15, 0.2) is 0 Å². The Morgan fingerprint density at radius 2 is 1.52 bits per heavy atom. The molecule has 9 heteroatoms. The van der Waals surface area contributed by atoms with Gasteiger partial charge < -0.3 is 0 Å². The highest BCUT2D eigenvalue weighted by Crippen LogP contribution is 2.45. The van der Waals surface area contributed by atoms with Crippen LogP contribution in [0.1, 0.15) is 29.6 Å². The molecule has 3 aromatic rings. The van der Waals surface area contributed by atoms with Crippen molar-refractivity contribution >= 4 is 51.7 Å². The lowest BCUT2D eigenvalue weighted by atomic mass is 9.89. The standard InChI is InChI=1S/C24H19Cl3N2O3S/c25-17-7-9-20(10-8-17)33(32)29-22(15-3-1-5-18(26)13-15)12-11-21(24(30)28-31)23(29)16-4-2-6-19(27)14-16/h1-11,13-14,22-23,31H,12H2,(H,28,30). The molecular formula is C24H19Cl3N2O3S. The zero-order chi connectivity index (χ0) is 23.5. The minimum absolute atomic E-state index is 0.264. The number of benzene rings is 3. The fourth-order valence-electron chi connectivity index (χ4n) is 3.94. The van der Waals surface area contributed by atoms with Crippen molar-refractivity contribution in [1.29, 1.82) is 0 Å². The predicted molar refractivity (Wildman–Crippen MR) is 131 cm³/mol. The Balaban J connectivity index is 1.92. The van der Waals surface area contributed by atoms with Crippen LogP contribution in [0, 0.1) is 0 Å². The highest BCUT2D eigenvalue weighted by Gasteiger charge is 2.41. The average molecular weight is 522 g/mol. The third-order valence-corrected chi connectivity index (χ3v) is 7.63.